The predicted octanol–water partition coefficient (Wildman–Crippen LogP) is 2.94. The fourth-order valence-corrected chi connectivity index (χ4v) is 2.06. The summed E-state index contributed by atoms with van der Waals surface area (Å²) < 4.78 is 10.8. The Morgan fingerprint density at radius 2 is 1.96 bits per heavy atom. The van der Waals surface area contributed by atoms with Crippen LogP contribution in [0.25, 0.3) is 12.2 Å². The monoisotopic (exact) mass is 333 g/mol. The van der Waals surface area contributed by atoms with Gasteiger partial charge in [-0.05, 0) is 49.6 Å². The predicted molar refractivity (Wildman–Crippen MR) is 91.2 cm³/mol. The van der Waals surface area contributed by atoms with Crippen LogP contribution < -0.4 is 0 Å². The maximum atomic E-state index is 11.8. The molecule has 6 nitrogen and oxygen atoms in total. The minimum atomic E-state index is -1.04. The summed E-state index contributed by atoms with van der Waals surface area (Å²) in [6, 6.07) is 5.15. The van der Waals surface area contributed by atoms with Crippen LogP contribution in [-0.2, 0) is 19.1 Å². The molecule has 2 heterocycles. The van der Waals surface area contributed by atoms with Gasteiger partial charge in [0, 0.05) is 12.7 Å². The molecule has 0 saturated carbocycles. The summed E-state index contributed by atoms with van der Waals surface area (Å²) >= 11 is 0. The first-order chi connectivity index (χ1) is 11.1. The van der Waals surface area contributed by atoms with Crippen molar-refractivity contribution in [2.75, 3.05) is 13.2 Å². The molecule has 1 saturated heterocycles. The normalized spacial score (nSPS) is 17.8. The van der Waals surface area contributed by atoms with Crippen LogP contribution in [0, 0.1) is 0 Å². The molecule has 1 aromatic heterocycles. The van der Waals surface area contributed by atoms with Crippen molar-refractivity contribution in [3.8, 4) is 0 Å². The van der Waals surface area contributed by atoms with Gasteiger partial charge in [-0.1, -0.05) is 13.5 Å². The summed E-state index contributed by atoms with van der Waals surface area (Å²) in [6.07, 6.45) is 7.99. The summed E-state index contributed by atoms with van der Waals surface area (Å²) in [4.78, 5) is 26.5. The molecule has 1 aliphatic rings. The zero-order chi connectivity index (χ0) is 16.5. The number of nitrogens with zero attached hydrogens (tertiary/aromatic N) is 1. The molecule has 6 heteroatoms. The topological polar surface area (TPSA) is 85.7 Å². The summed E-state index contributed by atoms with van der Waals surface area (Å²) in [6.45, 7) is 0.648. The van der Waals surface area contributed by atoms with Crippen LogP contribution in [0.5, 0.6) is 0 Å². The van der Waals surface area contributed by atoms with Gasteiger partial charge >= 0.3 is 5.97 Å². The lowest BCUT2D eigenvalue weighted by atomic mass is 10.2. The lowest BCUT2D eigenvalue weighted by Gasteiger charge is -2.21. The number of aromatic nitrogens is 1. The molecule has 1 N–H and O–H groups in total. The first-order valence-corrected chi connectivity index (χ1v) is 7.46. The van der Waals surface area contributed by atoms with E-state index >= 15 is 0 Å². The number of hydrogen-bond donors (Lipinski definition) is 1. The van der Waals surface area contributed by atoms with Crippen molar-refractivity contribution >= 4 is 23.9 Å². The number of pyridine rings is 1. The quantitative estimate of drug-likeness (QED) is 0.772. The smallest absolute Gasteiger partial charge is 0.328 e. The molecule has 130 valence electrons. The van der Waals surface area contributed by atoms with Crippen molar-refractivity contribution in [2.24, 2.45) is 0 Å². The number of carboxylic acid groups (broad SMARTS) is 1. The van der Waals surface area contributed by atoms with E-state index in [-0.39, 0.29) is 26.1 Å². The lowest BCUT2D eigenvalue weighted by molar-refractivity contribution is -0.167. The largest absolute Gasteiger partial charge is 0.478 e. The molecular formula is C18H23NO5. The third-order valence-corrected chi connectivity index (χ3v) is 3.18. The van der Waals surface area contributed by atoms with Crippen molar-refractivity contribution in [1.82, 2.24) is 4.98 Å². The minimum absolute atomic E-state index is 0. The van der Waals surface area contributed by atoms with E-state index in [1.54, 1.807) is 24.3 Å². The number of carbonyl (C=O) groups is 2. The molecule has 0 spiro atoms. The molecular weight excluding hydrogens is 310 g/mol. The van der Waals surface area contributed by atoms with Gasteiger partial charge in [-0.2, -0.15) is 0 Å². The van der Waals surface area contributed by atoms with E-state index < -0.39 is 5.97 Å². The van der Waals surface area contributed by atoms with E-state index in [1.807, 2.05) is 0 Å². The van der Waals surface area contributed by atoms with Crippen LogP contribution in [0.2, 0.25) is 0 Å². The number of ether oxygens (including phenoxy) is 2. The van der Waals surface area contributed by atoms with Crippen LogP contribution in [0.3, 0.4) is 0 Å². The zero-order valence-electron chi connectivity index (χ0n) is 12.7. The van der Waals surface area contributed by atoms with Crippen molar-refractivity contribution < 1.29 is 24.2 Å². The second kappa shape index (κ2) is 10.5. The number of rotatable bonds is 7. The fraction of sp³-hybridized carbons (Fsp3) is 0.389. The molecule has 0 radical (unpaired) electrons. The Kier molecular flexibility index (Phi) is 8.60. The number of carboxylic acids is 1. The van der Waals surface area contributed by atoms with Crippen LogP contribution in [0.15, 0.2) is 30.4 Å². The molecule has 0 aliphatic carbocycles. The Labute approximate surface area is 141 Å². The summed E-state index contributed by atoms with van der Waals surface area (Å²) in [5.41, 5.74) is 1.08. The van der Waals surface area contributed by atoms with Crippen LogP contribution in [0.1, 0.15) is 38.1 Å². The summed E-state index contributed by atoms with van der Waals surface area (Å²) in [7, 11) is 0. The van der Waals surface area contributed by atoms with E-state index in [4.69, 9.17) is 14.6 Å². The van der Waals surface area contributed by atoms with Gasteiger partial charge in [-0.25, -0.2) is 9.78 Å². The van der Waals surface area contributed by atoms with E-state index in [2.05, 4.69) is 4.98 Å². The van der Waals surface area contributed by atoms with Gasteiger partial charge in [-0.15, -0.1) is 0 Å². The van der Waals surface area contributed by atoms with Gasteiger partial charge in [0.15, 0.2) is 12.1 Å². The Hall–Kier alpha value is -2.31. The molecule has 1 unspecified atom stereocenters. The average Bonchev–Trinajstić information content (AvgIpc) is 2.57. The number of carbonyl (C=O) groups excluding carboxylic acids is 1. The molecule has 24 heavy (non-hydrogen) atoms. The molecule has 0 amide bonds. The second-order valence-electron chi connectivity index (χ2n) is 5.07. The Morgan fingerprint density at radius 3 is 2.58 bits per heavy atom. The summed E-state index contributed by atoms with van der Waals surface area (Å²) in [5.74, 6) is -1.21. The molecule has 0 aromatic carbocycles. The van der Waals surface area contributed by atoms with Crippen molar-refractivity contribution in [2.45, 2.75) is 33.0 Å². The van der Waals surface area contributed by atoms with Gasteiger partial charge in [0.1, 0.15) is 6.61 Å². The second-order valence-corrected chi connectivity index (χ2v) is 5.07. The highest BCUT2D eigenvalue weighted by Crippen LogP contribution is 2.13. The highest BCUT2D eigenvalue weighted by Gasteiger charge is 2.14. The third-order valence-electron chi connectivity index (χ3n) is 3.18. The van der Waals surface area contributed by atoms with Crippen molar-refractivity contribution in [3.05, 3.63) is 41.7 Å². The first-order valence-electron chi connectivity index (χ1n) is 7.46. The molecule has 1 aromatic rings. The van der Waals surface area contributed by atoms with Gasteiger partial charge in [0.25, 0.3) is 0 Å². The lowest BCUT2D eigenvalue weighted by Crippen LogP contribution is -2.24. The number of hydrogen-bond acceptors (Lipinski definition) is 5. The van der Waals surface area contributed by atoms with Gasteiger partial charge in [0.05, 0.1) is 11.4 Å². The molecule has 0 bridgehead atoms. The van der Waals surface area contributed by atoms with Crippen molar-refractivity contribution in [1.29, 1.82) is 0 Å². The molecule has 1 aliphatic heterocycles. The Morgan fingerprint density at radius 1 is 1.25 bits per heavy atom. The maximum absolute atomic E-state index is 11.8. The van der Waals surface area contributed by atoms with Crippen molar-refractivity contribution in [3.63, 3.8) is 0 Å². The molecule has 1 fully saturated rings. The highest BCUT2D eigenvalue weighted by atomic mass is 16.7. The average molecular weight is 333 g/mol. The van der Waals surface area contributed by atoms with Gasteiger partial charge < -0.3 is 14.6 Å². The number of aliphatic carboxylic acids is 1. The Balaban J connectivity index is 0.00000288. The van der Waals surface area contributed by atoms with Crippen LogP contribution in [0.4, 0.5) is 0 Å². The van der Waals surface area contributed by atoms with Gasteiger partial charge in [0.2, 0.25) is 0 Å². The third kappa shape index (κ3) is 7.30. The van der Waals surface area contributed by atoms with E-state index in [0.29, 0.717) is 18.0 Å². The molecule has 1 atom stereocenters. The zero-order valence-corrected chi connectivity index (χ0v) is 12.7. The standard InChI is InChI=1S/C17H19NO5.CH4/c19-15(12-23-17-6-1-2-11-22-17)9-7-13-4-3-5-14(18-13)8-10-16(20)21;/h3-5,7-10,17H,1-2,6,11-12H2,(H,20,21);1H4/b9-7+,10-8+;. The SMILES string of the molecule is C.O=C(O)/C=C/c1cccc(/C=C/C(=O)COC2CCCCO2)n1. The van der Waals surface area contributed by atoms with E-state index in [0.717, 1.165) is 25.3 Å². The minimum Gasteiger partial charge on any atom is -0.478 e. The Bertz CT molecular complexity index is 603. The first kappa shape index (κ1) is 19.7. The summed E-state index contributed by atoms with van der Waals surface area (Å²) in [5, 5.41) is 8.59. The number of ketones is 1. The van der Waals surface area contributed by atoms with Gasteiger partial charge in [-0.3, -0.25) is 4.79 Å². The van der Waals surface area contributed by atoms with E-state index in [1.165, 1.54) is 12.2 Å². The molecule has 2 rings (SSSR count). The fourth-order valence-electron chi connectivity index (χ4n) is 2.06. The van der Waals surface area contributed by atoms with E-state index in [9.17, 15) is 9.59 Å². The highest BCUT2D eigenvalue weighted by molar-refractivity contribution is 5.94. The van der Waals surface area contributed by atoms with Crippen LogP contribution in [-0.4, -0.2) is 41.3 Å². The van der Waals surface area contributed by atoms with Crippen LogP contribution >= 0.6 is 0 Å². The maximum Gasteiger partial charge on any atom is 0.328 e.